The van der Waals surface area contributed by atoms with Gasteiger partial charge in [0.25, 0.3) is 0 Å². The smallest absolute Gasteiger partial charge is 0.126 e. The van der Waals surface area contributed by atoms with E-state index in [0.717, 1.165) is 25.5 Å². The Morgan fingerprint density at radius 1 is 1.38 bits per heavy atom. The van der Waals surface area contributed by atoms with Crippen molar-refractivity contribution in [2.75, 3.05) is 0 Å². The fraction of sp³-hybridized carbons (Fsp3) is 0.583. The van der Waals surface area contributed by atoms with Crippen molar-refractivity contribution < 1.29 is 4.79 Å². The van der Waals surface area contributed by atoms with Gasteiger partial charge < -0.3 is 4.79 Å². The first-order chi connectivity index (χ1) is 6.28. The molecule has 0 aliphatic heterocycles. The molecule has 0 rings (SSSR count). The molecule has 0 heterocycles. The average molecular weight is 180 g/mol. The van der Waals surface area contributed by atoms with Crippen molar-refractivity contribution in [1.82, 2.24) is 0 Å². The van der Waals surface area contributed by atoms with E-state index in [-0.39, 0.29) is 5.92 Å². The Balaban J connectivity index is 4.25. The fourth-order valence-corrected chi connectivity index (χ4v) is 1.16. The quantitative estimate of drug-likeness (QED) is 0.451. The number of hydrogen-bond acceptors (Lipinski definition) is 1. The normalized spacial score (nSPS) is 14.8. The summed E-state index contributed by atoms with van der Waals surface area (Å²) in [7, 11) is 0. The number of carbonyl (C=O) groups excluding carboxylic acids is 1. The van der Waals surface area contributed by atoms with Gasteiger partial charge in [0.1, 0.15) is 6.29 Å². The molecule has 1 atom stereocenters. The van der Waals surface area contributed by atoms with E-state index < -0.39 is 0 Å². The summed E-state index contributed by atoms with van der Waals surface area (Å²) in [5.41, 5.74) is 1.36. The molecule has 0 aliphatic rings. The minimum atomic E-state index is 0.111. The standard InChI is InChI=1S/C12H20O/c1-4-7-8-11(5-2)9-12(6-3)10-13/h4,7,9-10,12H,5-6,8H2,1-3H3. The van der Waals surface area contributed by atoms with Gasteiger partial charge in [-0.05, 0) is 26.2 Å². The van der Waals surface area contributed by atoms with Crippen molar-refractivity contribution in [2.24, 2.45) is 5.92 Å². The topological polar surface area (TPSA) is 17.1 Å². The molecule has 0 saturated heterocycles. The Kier molecular flexibility index (Phi) is 7.27. The fourth-order valence-electron chi connectivity index (χ4n) is 1.16. The van der Waals surface area contributed by atoms with E-state index in [1.54, 1.807) is 0 Å². The molecule has 0 aromatic carbocycles. The Bertz CT molecular complexity index is 189. The monoisotopic (exact) mass is 180 g/mol. The van der Waals surface area contributed by atoms with E-state index in [1.807, 2.05) is 19.9 Å². The summed E-state index contributed by atoms with van der Waals surface area (Å²) in [6.07, 6.45) is 10.2. The van der Waals surface area contributed by atoms with Crippen molar-refractivity contribution in [3.8, 4) is 0 Å². The number of rotatable bonds is 6. The van der Waals surface area contributed by atoms with Gasteiger partial charge in [-0.25, -0.2) is 0 Å². The molecule has 13 heavy (non-hydrogen) atoms. The van der Waals surface area contributed by atoms with E-state index in [1.165, 1.54) is 5.57 Å². The summed E-state index contributed by atoms with van der Waals surface area (Å²) in [6.45, 7) is 6.19. The van der Waals surface area contributed by atoms with Crippen LogP contribution in [0.5, 0.6) is 0 Å². The van der Waals surface area contributed by atoms with Crippen LogP contribution in [0.25, 0.3) is 0 Å². The molecule has 1 nitrogen and oxygen atoms in total. The summed E-state index contributed by atoms with van der Waals surface area (Å²) < 4.78 is 0. The molecule has 0 aromatic heterocycles. The summed E-state index contributed by atoms with van der Waals surface area (Å²) in [5.74, 6) is 0.111. The van der Waals surface area contributed by atoms with E-state index in [4.69, 9.17) is 0 Å². The van der Waals surface area contributed by atoms with Crippen LogP contribution < -0.4 is 0 Å². The molecule has 0 saturated carbocycles. The molecule has 1 unspecified atom stereocenters. The highest BCUT2D eigenvalue weighted by molar-refractivity contribution is 5.56. The van der Waals surface area contributed by atoms with Gasteiger partial charge in [-0.15, -0.1) is 0 Å². The first kappa shape index (κ1) is 12.2. The Labute approximate surface area is 81.5 Å². The van der Waals surface area contributed by atoms with Gasteiger partial charge in [0, 0.05) is 5.92 Å². The Morgan fingerprint density at radius 2 is 2.08 bits per heavy atom. The van der Waals surface area contributed by atoms with Gasteiger partial charge in [-0.1, -0.05) is 37.6 Å². The number of allylic oxidation sites excluding steroid dienone is 4. The van der Waals surface area contributed by atoms with Gasteiger partial charge in [-0.3, -0.25) is 0 Å². The van der Waals surface area contributed by atoms with E-state index in [0.29, 0.717) is 0 Å². The molecule has 0 aliphatic carbocycles. The highest BCUT2D eigenvalue weighted by Crippen LogP contribution is 2.12. The molecule has 0 aromatic rings. The van der Waals surface area contributed by atoms with E-state index in [9.17, 15) is 4.79 Å². The average Bonchev–Trinajstić information content (AvgIpc) is 2.19. The molecule has 0 amide bonds. The van der Waals surface area contributed by atoms with Crippen LogP contribution >= 0.6 is 0 Å². The zero-order chi connectivity index (χ0) is 10.1. The van der Waals surface area contributed by atoms with Gasteiger partial charge in [0.15, 0.2) is 0 Å². The molecule has 74 valence electrons. The van der Waals surface area contributed by atoms with Gasteiger partial charge in [0.05, 0.1) is 0 Å². The summed E-state index contributed by atoms with van der Waals surface area (Å²) in [6, 6.07) is 0. The lowest BCUT2D eigenvalue weighted by Gasteiger charge is -2.04. The lowest BCUT2D eigenvalue weighted by Crippen LogP contribution is -1.97. The second-order valence-electron chi connectivity index (χ2n) is 3.16. The summed E-state index contributed by atoms with van der Waals surface area (Å²) >= 11 is 0. The maximum Gasteiger partial charge on any atom is 0.126 e. The largest absolute Gasteiger partial charge is 0.303 e. The predicted octanol–water partition coefficient (Wildman–Crippen LogP) is 3.51. The first-order valence-electron chi connectivity index (χ1n) is 5.04. The molecule has 0 fully saturated rings. The minimum absolute atomic E-state index is 0.111. The predicted molar refractivity (Wildman–Crippen MR) is 57.7 cm³/mol. The van der Waals surface area contributed by atoms with E-state index in [2.05, 4.69) is 19.1 Å². The lowest BCUT2D eigenvalue weighted by molar-refractivity contribution is -0.110. The maximum atomic E-state index is 10.6. The second-order valence-corrected chi connectivity index (χ2v) is 3.16. The van der Waals surface area contributed by atoms with Crippen LogP contribution in [-0.2, 0) is 4.79 Å². The van der Waals surface area contributed by atoms with Crippen molar-refractivity contribution >= 4 is 6.29 Å². The highest BCUT2D eigenvalue weighted by Gasteiger charge is 2.00. The van der Waals surface area contributed by atoms with Gasteiger partial charge >= 0.3 is 0 Å². The number of aldehydes is 1. The molecular weight excluding hydrogens is 160 g/mol. The van der Waals surface area contributed by atoms with Crippen LogP contribution in [0.15, 0.2) is 23.8 Å². The third-order valence-electron chi connectivity index (χ3n) is 2.17. The lowest BCUT2D eigenvalue weighted by atomic mass is 10.0. The van der Waals surface area contributed by atoms with E-state index >= 15 is 0 Å². The maximum absolute atomic E-state index is 10.6. The van der Waals surface area contributed by atoms with Gasteiger partial charge in [-0.2, -0.15) is 0 Å². The molecule has 0 N–H and O–H groups in total. The van der Waals surface area contributed by atoms with Crippen LogP contribution in [0.2, 0.25) is 0 Å². The van der Waals surface area contributed by atoms with Gasteiger partial charge in [0.2, 0.25) is 0 Å². The second kappa shape index (κ2) is 7.78. The SMILES string of the molecule is CC=CCC(=CC(C=O)CC)CC. The zero-order valence-electron chi connectivity index (χ0n) is 8.92. The molecule has 0 radical (unpaired) electrons. The third kappa shape index (κ3) is 5.40. The van der Waals surface area contributed by atoms with Crippen LogP contribution in [-0.4, -0.2) is 6.29 Å². The summed E-state index contributed by atoms with van der Waals surface area (Å²) in [5, 5.41) is 0. The summed E-state index contributed by atoms with van der Waals surface area (Å²) in [4.78, 5) is 10.6. The van der Waals surface area contributed by atoms with Crippen molar-refractivity contribution in [2.45, 2.75) is 40.0 Å². The third-order valence-corrected chi connectivity index (χ3v) is 2.17. The molecule has 1 heteroatoms. The van der Waals surface area contributed by atoms with Crippen molar-refractivity contribution in [1.29, 1.82) is 0 Å². The first-order valence-corrected chi connectivity index (χ1v) is 5.04. The number of carbonyl (C=O) groups is 1. The minimum Gasteiger partial charge on any atom is -0.303 e. The van der Waals surface area contributed by atoms with Crippen LogP contribution in [0.1, 0.15) is 40.0 Å². The molecule has 0 bridgehead atoms. The van der Waals surface area contributed by atoms with Crippen LogP contribution in [0.3, 0.4) is 0 Å². The van der Waals surface area contributed by atoms with Crippen LogP contribution in [0, 0.1) is 5.92 Å². The van der Waals surface area contributed by atoms with Crippen molar-refractivity contribution in [3.05, 3.63) is 23.8 Å². The Hall–Kier alpha value is -0.850. The Morgan fingerprint density at radius 3 is 2.46 bits per heavy atom. The van der Waals surface area contributed by atoms with Crippen molar-refractivity contribution in [3.63, 3.8) is 0 Å². The number of hydrogen-bond donors (Lipinski definition) is 0. The van der Waals surface area contributed by atoms with Crippen LogP contribution in [0.4, 0.5) is 0 Å². The molecular formula is C12H20O. The zero-order valence-corrected chi connectivity index (χ0v) is 8.92. The molecule has 0 spiro atoms. The highest BCUT2D eigenvalue weighted by atomic mass is 16.1.